The van der Waals surface area contributed by atoms with Crippen molar-refractivity contribution in [2.75, 3.05) is 6.61 Å². The van der Waals surface area contributed by atoms with Crippen molar-refractivity contribution in [1.29, 1.82) is 0 Å². The fourth-order valence-corrected chi connectivity index (χ4v) is 1.37. The summed E-state index contributed by atoms with van der Waals surface area (Å²) in [4.78, 5) is 11.2. The van der Waals surface area contributed by atoms with Crippen LogP contribution in [0.3, 0.4) is 0 Å². The van der Waals surface area contributed by atoms with E-state index in [9.17, 15) is 4.79 Å². The maximum Gasteiger partial charge on any atom is 0.333 e. The van der Waals surface area contributed by atoms with Gasteiger partial charge in [-0.1, -0.05) is 39.7 Å². The van der Waals surface area contributed by atoms with Crippen molar-refractivity contribution in [3.8, 4) is 0 Å². The summed E-state index contributed by atoms with van der Waals surface area (Å²) >= 11 is 0. The zero-order valence-corrected chi connectivity index (χ0v) is 10.3. The van der Waals surface area contributed by atoms with Crippen LogP contribution in [0.1, 0.15) is 52.9 Å². The van der Waals surface area contributed by atoms with E-state index in [2.05, 4.69) is 20.4 Å². The molecule has 2 heteroatoms. The summed E-state index contributed by atoms with van der Waals surface area (Å²) in [5.41, 5.74) is 0.612. The predicted molar refractivity (Wildman–Crippen MR) is 63.7 cm³/mol. The monoisotopic (exact) mass is 212 g/mol. The molecule has 0 aliphatic heterocycles. The van der Waals surface area contributed by atoms with Crippen LogP contribution >= 0.6 is 0 Å². The summed E-state index contributed by atoms with van der Waals surface area (Å²) in [5.74, 6) is 0.557. The molecule has 0 saturated carbocycles. The first-order valence-corrected chi connectivity index (χ1v) is 5.96. The molecule has 0 fully saturated rings. The van der Waals surface area contributed by atoms with E-state index < -0.39 is 0 Å². The highest BCUT2D eigenvalue weighted by atomic mass is 16.5. The van der Waals surface area contributed by atoms with E-state index >= 15 is 0 Å². The van der Waals surface area contributed by atoms with Crippen LogP contribution in [0.4, 0.5) is 0 Å². The highest BCUT2D eigenvalue weighted by Crippen LogP contribution is 2.14. The third-order valence-corrected chi connectivity index (χ3v) is 2.69. The molecule has 2 nitrogen and oxygen atoms in total. The lowest BCUT2D eigenvalue weighted by Crippen LogP contribution is -2.06. The molecule has 0 rings (SSSR count). The normalized spacial score (nSPS) is 12.2. The Balaban J connectivity index is 3.51. The van der Waals surface area contributed by atoms with Crippen molar-refractivity contribution in [3.63, 3.8) is 0 Å². The van der Waals surface area contributed by atoms with E-state index in [0.29, 0.717) is 12.2 Å². The first-order valence-electron chi connectivity index (χ1n) is 5.96. The van der Waals surface area contributed by atoms with Gasteiger partial charge in [-0.2, -0.15) is 0 Å². The molecule has 0 aliphatic rings. The van der Waals surface area contributed by atoms with Crippen molar-refractivity contribution in [2.24, 2.45) is 5.92 Å². The summed E-state index contributed by atoms with van der Waals surface area (Å²) in [6.07, 6.45) is 5.47. The zero-order valence-electron chi connectivity index (χ0n) is 10.3. The molecule has 0 aromatic heterocycles. The van der Waals surface area contributed by atoms with E-state index in [1.807, 2.05) is 6.92 Å². The topological polar surface area (TPSA) is 26.3 Å². The van der Waals surface area contributed by atoms with E-state index in [1.54, 1.807) is 0 Å². The number of unbranched alkanes of at least 4 members (excludes halogenated alkanes) is 1. The Hall–Kier alpha value is -0.790. The van der Waals surface area contributed by atoms with Gasteiger partial charge in [-0.05, 0) is 25.7 Å². The minimum Gasteiger partial charge on any atom is -0.463 e. The van der Waals surface area contributed by atoms with Crippen LogP contribution < -0.4 is 0 Å². The standard InChI is InChI=1S/C13H24O2/c1-5-11(3)9-7-8-10-12(4)13(14)15-6-2/h11H,4-10H2,1-3H3. The average Bonchev–Trinajstić information content (AvgIpc) is 2.23. The Morgan fingerprint density at radius 3 is 2.53 bits per heavy atom. The first-order chi connectivity index (χ1) is 7.11. The fourth-order valence-electron chi connectivity index (χ4n) is 1.37. The molecule has 0 aliphatic carbocycles. The van der Waals surface area contributed by atoms with Gasteiger partial charge in [-0.3, -0.25) is 0 Å². The maximum absolute atomic E-state index is 11.2. The van der Waals surface area contributed by atoms with E-state index in [4.69, 9.17) is 4.74 Å². The molecule has 0 saturated heterocycles. The lowest BCUT2D eigenvalue weighted by atomic mass is 9.99. The van der Waals surface area contributed by atoms with Crippen LogP contribution in [-0.2, 0) is 9.53 Å². The quantitative estimate of drug-likeness (QED) is 0.348. The number of carbonyl (C=O) groups excluding carboxylic acids is 1. The number of ether oxygens (including phenoxy) is 1. The average molecular weight is 212 g/mol. The second-order valence-electron chi connectivity index (χ2n) is 4.08. The number of esters is 1. The molecular weight excluding hydrogens is 188 g/mol. The van der Waals surface area contributed by atoms with Gasteiger partial charge in [-0.25, -0.2) is 4.79 Å². The SMILES string of the molecule is C=C(CCCCC(C)CC)C(=O)OCC. The number of carbonyl (C=O) groups is 1. The molecule has 0 radical (unpaired) electrons. The third kappa shape index (κ3) is 7.18. The van der Waals surface area contributed by atoms with Gasteiger partial charge in [0.1, 0.15) is 0 Å². The summed E-state index contributed by atoms with van der Waals surface area (Å²) in [7, 11) is 0. The minimum atomic E-state index is -0.235. The summed E-state index contributed by atoms with van der Waals surface area (Å²) in [5, 5.41) is 0. The summed E-state index contributed by atoms with van der Waals surface area (Å²) < 4.78 is 4.86. The van der Waals surface area contributed by atoms with Crippen LogP contribution in [0.15, 0.2) is 12.2 Å². The highest BCUT2D eigenvalue weighted by molar-refractivity contribution is 5.87. The number of hydrogen-bond acceptors (Lipinski definition) is 2. The van der Waals surface area contributed by atoms with E-state index in [0.717, 1.165) is 18.8 Å². The molecular formula is C13H24O2. The molecule has 0 bridgehead atoms. The largest absolute Gasteiger partial charge is 0.463 e. The minimum absolute atomic E-state index is 0.235. The van der Waals surface area contributed by atoms with Crippen LogP contribution in [0.5, 0.6) is 0 Å². The second kappa shape index (κ2) is 8.51. The van der Waals surface area contributed by atoms with Crippen molar-refractivity contribution in [2.45, 2.75) is 52.9 Å². The predicted octanol–water partition coefficient (Wildman–Crippen LogP) is 3.71. The molecule has 0 amide bonds. The van der Waals surface area contributed by atoms with Gasteiger partial charge in [0.25, 0.3) is 0 Å². The van der Waals surface area contributed by atoms with Gasteiger partial charge in [-0.15, -0.1) is 0 Å². The lowest BCUT2D eigenvalue weighted by Gasteiger charge is -2.08. The van der Waals surface area contributed by atoms with Crippen molar-refractivity contribution < 1.29 is 9.53 Å². The summed E-state index contributed by atoms with van der Waals surface area (Å²) in [6, 6.07) is 0. The lowest BCUT2D eigenvalue weighted by molar-refractivity contribution is -0.138. The van der Waals surface area contributed by atoms with Gasteiger partial charge in [0, 0.05) is 5.57 Å². The Kier molecular flexibility index (Phi) is 8.06. The van der Waals surface area contributed by atoms with E-state index in [-0.39, 0.29) is 5.97 Å². The zero-order chi connectivity index (χ0) is 11.7. The Bertz CT molecular complexity index is 197. The van der Waals surface area contributed by atoms with Gasteiger partial charge in [0.05, 0.1) is 6.61 Å². The van der Waals surface area contributed by atoms with E-state index in [1.165, 1.54) is 19.3 Å². The molecule has 0 heterocycles. The number of hydrogen-bond donors (Lipinski definition) is 0. The van der Waals surface area contributed by atoms with Gasteiger partial charge in [0.15, 0.2) is 0 Å². The molecule has 88 valence electrons. The molecule has 0 aromatic rings. The highest BCUT2D eigenvalue weighted by Gasteiger charge is 2.07. The van der Waals surface area contributed by atoms with Gasteiger partial charge in [0.2, 0.25) is 0 Å². The molecule has 1 unspecified atom stereocenters. The molecule has 1 atom stereocenters. The smallest absolute Gasteiger partial charge is 0.333 e. The third-order valence-electron chi connectivity index (χ3n) is 2.69. The fraction of sp³-hybridized carbons (Fsp3) is 0.769. The maximum atomic E-state index is 11.2. The molecule has 0 aromatic carbocycles. The molecule has 0 spiro atoms. The van der Waals surface area contributed by atoms with Crippen molar-refractivity contribution in [3.05, 3.63) is 12.2 Å². The molecule has 15 heavy (non-hydrogen) atoms. The van der Waals surface area contributed by atoms with Crippen LogP contribution in [0.25, 0.3) is 0 Å². The van der Waals surface area contributed by atoms with Gasteiger partial charge >= 0.3 is 5.97 Å². The van der Waals surface area contributed by atoms with Gasteiger partial charge < -0.3 is 4.74 Å². The van der Waals surface area contributed by atoms with Crippen LogP contribution in [-0.4, -0.2) is 12.6 Å². The van der Waals surface area contributed by atoms with Crippen LogP contribution in [0.2, 0.25) is 0 Å². The molecule has 0 N–H and O–H groups in total. The summed E-state index contributed by atoms with van der Waals surface area (Å²) in [6.45, 7) is 10.5. The number of rotatable bonds is 8. The Morgan fingerprint density at radius 2 is 2.00 bits per heavy atom. The van der Waals surface area contributed by atoms with Crippen LogP contribution in [0, 0.1) is 5.92 Å². The van der Waals surface area contributed by atoms with Crippen molar-refractivity contribution in [1.82, 2.24) is 0 Å². The first kappa shape index (κ1) is 14.2. The Morgan fingerprint density at radius 1 is 1.33 bits per heavy atom. The van der Waals surface area contributed by atoms with Crippen molar-refractivity contribution >= 4 is 5.97 Å². The second-order valence-corrected chi connectivity index (χ2v) is 4.08. The Labute approximate surface area is 93.7 Å².